The highest BCUT2D eigenvalue weighted by Crippen LogP contribution is 2.34. The van der Waals surface area contributed by atoms with Crippen molar-refractivity contribution in [3.05, 3.63) is 61.8 Å². The molecule has 2 aromatic rings. The fraction of sp³-hybridized carbons (Fsp3) is 0.143. The van der Waals surface area contributed by atoms with Crippen LogP contribution in [-0.2, 0) is 12.5 Å². The highest BCUT2D eigenvalue weighted by Gasteiger charge is 2.12. The van der Waals surface area contributed by atoms with Crippen LogP contribution in [0.15, 0.2) is 34.8 Å². The van der Waals surface area contributed by atoms with Gasteiger partial charge in [-0.15, -0.1) is 11.6 Å². The van der Waals surface area contributed by atoms with Crippen LogP contribution in [0, 0.1) is 5.82 Å². The van der Waals surface area contributed by atoms with Crippen LogP contribution in [0.1, 0.15) is 11.1 Å². The molecule has 0 aliphatic heterocycles. The molecule has 106 valence electrons. The lowest BCUT2D eigenvalue weighted by molar-refractivity contribution is 0.297. The van der Waals surface area contributed by atoms with Gasteiger partial charge in [-0.3, -0.25) is 0 Å². The molecule has 0 radical (unpaired) electrons. The smallest absolute Gasteiger partial charge is 0.142 e. The molecule has 20 heavy (non-hydrogen) atoms. The van der Waals surface area contributed by atoms with Gasteiger partial charge >= 0.3 is 0 Å². The maximum atomic E-state index is 13.6. The van der Waals surface area contributed by atoms with E-state index in [9.17, 15) is 4.39 Å². The summed E-state index contributed by atoms with van der Waals surface area (Å²) in [6.07, 6.45) is 0. The molecular weight excluding hydrogens is 389 g/mol. The average Bonchev–Trinajstić information content (AvgIpc) is 2.40. The normalized spacial score (nSPS) is 10.7. The lowest BCUT2D eigenvalue weighted by Gasteiger charge is -2.13. The van der Waals surface area contributed by atoms with Gasteiger partial charge in [0.1, 0.15) is 18.2 Å². The molecule has 0 spiro atoms. The molecule has 0 amide bonds. The van der Waals surface area contributed by atoms with Crippen LogP contribution in [0.2, 0.25) is 10.0 Å². The summed E-state index contributed by atoms with van der Waals surface area (Å²) >= 11 is 21.1. The van der Waals surface area contributed by atoms with Gasteiger partial charge in [-0.05, 0) is 30.3 Å². The third kappa shape index (κ3) is 3.79. The first kappa shape index (κ1) is 15.9. The summed E-state index contributed by atoms with van der Waals surface area (Å²) in [6.45, 7) is 0.0521. The van der Waals surface area contributed by atoms with Crippen LogP contribution in [0.25, 0.3) is 0 Å². The SMILES string of the molecule is Fc1ccc(Br)cc1COc1c(Cl)cc(Cl)cc1CCl. The van der Waals surface area contributed by atoms with Gasteiger partial charge in [-0.1, -0.05) is 39.1 Å². The minimum absolute atomic E-state index is 0.0521. The molecule has 0 aliphatic rings. The van der Waals surface area contributed by atoms with Gasteiger partial charge in [-0.25, -0.2) is 4.39 Å². The number of alkyl halides is 1. The highest BCUT2D eigenvalue weighted by molar-refractivity contribution is 9.10. The lowest BCUT2D eigenvalue weighted by Crippen LogP contribution is -2.01. The topological polar surface area (TPSA) is 9.23 Å². The van der Waals surface area contributed by atoms with E-state index in [4.69, 9.17) is 39.5 Å². The Morgan fingerprint density at radius 3 is 2.55 bits per heavy atom. The van der Waals surface area contributed by atoms with Gasteiger partial charge in [0.05, 0.1) is 10.9 Å². The van der Waals surface area contributed by atoms with E-state index in [0.29, 0.717) is 26.9 Å². The fourth-order valence-electron chi connectivity index (χ4n) is 1.68. The van der Waals surface area contributed by atoms with Crippen LogP contribution in [-0.4, -0.2) is 0 Å². The zero-order valence-corrected chi connectivity index (χ0v) is 14.0. The standard InChI is InChI=1S/C14H9BrCl3FO/c15-10-1-2-13(19)9(3-10)7-20-14-8(6-16)4-11(17)5-12(14)18/h1-5H,6-7H2. The van der Waals surface area contributed by atoms with Crippen molar-refractivity contribution in [1.29, 1.82) is 0 Å². The molecule has 2 rings (SSSR count). The van der Waals surface area contributed by atoms with Gasteiger partial charge in [0.25, 0.3) is 0 Å². The van der Waals surface area contributed by atoms with Crippen molar-refractivity contribution in [2.75, 3.05) is 0 Å². The predicted molar refractivity (Wildman–Crippen MR) is 84.5 cm³/mol. The number of benzene rings is 2. The van der Waals surface area contributed by atoms with Gasteiger partial charge in [0.2, 0.25) is 0 Å². The van der Waals surface area contributed by atoms with E-state index in [0.717, 1.165) is 4.47 Å². The molecule has 0 saturated heterocycles. The largest absolute Gasteiger partial charge is 0.487 e. The molecule has 0 aromatic heterocycles. The zero-order chi connectivity index (χ0) is 14.7. The Labute approximate surface area is 139 Å². The molecule has 2 aromatic carbocycles. The molecule has 0 saturated carbocycles. The van der Waals surface area contributed by atoms with Crippen LogP contribution in [0.5, 0.6) is 5.75 Å². The van der Waals surface area contributed by atoms with Crippen LogP contribution >= 0.6 is 50.7 Å². The molecule has 0 atom stereocenters. The minimum atomic E-state index is -0.342. The van der Waals surface area contributed by atoms with Crippen molar-refractivity contribution in [2.24, 2.45) is 0 Å². The summed E-state index contributed by atoms with van der Waals surface area (Å²) in [5, 5.41) is 0.829. The number of rotatable bonds is 4. The maximum Gasteiger partial charge on any atom is 0.142 e. The van der Waals surface area contributed by atoms with Crippen molar-refractivity contribution >= 4 is 50.7 Å². The van der Waals surface area contributed by atoms with Gasteiger partial charge in [0, 0.05) is 20.6 Å². The average molecular weight is 398 g/mol. The Hall–Kier alpha value is -0.480. The first-order chi connectivity index (χ1) is 9.51. The number of hydrogen-bond acceptors (Lipinski definition) is 1. The molecule has 6 heteroatoms. The van der Waals surface area contributed by atoms with E-state index in [1.165, 1.54) is 6.07 Å². The Balaban J connectivity index is 2.25. The Bertz CT molecular complexity index is 634. The lowest BCUT2D eigenvalue weighted by atomic mass is 10.2. The molecule has 1 nitrogen and oxygen atoms in total. The Morgan fingerprint density at radius 1 is 1.10 bits per heavy atom. The highest BCUT2D eigenvalue weighted by atomic mass is 79.9. The predicted octanol–water partition coefficient (Wildman–Crippen LogP) is 6.21. The summed E-state index contributed by atoms with van der Waals surface area (Å²) in [5.74, 6) is 0.285. The van der Waals surface area contributed by atoms with Crippen molar-refractivity contribution < 1.29 is 9.13 Å². The summed E-state index contributed by atoms with van der Waals surface area (Å²) in [4.78, 5) is 0. The second kappa shape index (κ2) is 6.99. The van der Waals surface area contributed by atoms with Crippen molar-refractivity contribution in [3.63, 3.8) is 0 Å². The molecule has 0 bridgehead atoms. The van der Waals surface area contributed by atoms with E-state index in [1.54, 1.807) is 24.3 Å². The Morgan fingerprint density at radius 2 is 1.85 bits per heavy atom. The summed E-state index contributed by atoms with van der Waals surface area (Å²) < 4.78 is 20.0. The van der Waals surface area contributed by atoms with Gasteiger partial charge < -0.3 is 4.74 Å². The summed E-state index contributed by atoms with van der Waals surface area (Å²) in [6, 6.07) is 7.88. The molecule has 0 fully saturated rings. The van der Waals surface area contributed by atoms with Crippen molar-refractivity contribution in [3.8, 4) is 5.75 Å². The number of halogens is 5. The van der Waals surface area contributed by atoms with Crippen molar-refractivity contribution in [1.82, 2.24) is 0 Å². The molecule has 0 unspecified atom stereocenters. The number of ether oxygens (including phenoxy) is 1. The van der Waals surface area contributed by atoms with E-state index >= 15 is 0 Å². The van der Waals surface area contributed by atoms with Crippen LogP contribution in [0.4, 0.5) is 4.39 Å². The molecule has 0 heterocycles. The van der Waals surface area contributed by atoms with Crippen molar-refractivity contribution in [2.45, 2.75) is 12.5 Å². The zero-order valence-electron chi connectivity index (χ0n) is 10.1. The third-order valence-electron chi connectivity index (χ3n) is 2.61. The van der Waals surface area contributed by atoms with E-state index in [-0.39, 0.29) is 18.3 Å². The Kier molecular flexibility index (Phi) is 5.56. The maximum absolute atomic E-state index is 13.6. The van der Waals surface area contributed by atoms with E-state index in [1.807, 2.05) is 0 Å². The second-order valence-corrected chi connectivity index (χ2v) is 6.06. The fourth-order valence-corrected chi connectivity index (χ4v) is 2.88. The van der Waals surface area contributed by atoms with E-state index in [2.05, 4.69) is 15.9 Å². The first-order valence-corrected chi connectivity index (χ1v) is 7.70. The van der Waals surface area contributed by atoms with Gasteiger partial charge in [-0.2, -0.15) is 0 Å². The van der Waals surface area contributed by atoms with Crippen LogP contribution < -0.4 is 4.74 Å². The minimum Gasteiger partial charge on any atom is -0.487 e. The quantitative estimate of drug-likeness (QED) is 0.556. The first-order valence-electron chi connectivity index (χ1n) is 5.62. The monoisotopic (exact) mass is 396 g/mol. The van der Waals surface area contributed by atoms with Gasteiger partial charge in [0.15, 0.2) is 0 Å². The molecular formula is C14H9BrCl3FO. The van der Waals surface area contributed by atoms with E-state index < -0.39 is 0 Å². The third-order valence-corrected chi connectivity index (χ3v) is 3.89. The van der Waals surface area contributed by atoms with Crippen LogP contribution in [0.3, 0.4) is 0 Å². The number of hydrogen-bond donors (Lipinski definition) is 0. The molecule has 0 N–H and O–H groups in total. The molecule has 0 aliphatic carbocycles. The summed E-state index contributed by atoms with van der Waals surface area (Å²) in [5.41, 5.74) is 1.09. The second-order valence-electron chi connectivity index (χ2n) is 4.03. The summed E-state index contributed by atoms with van der Waals surface area (Å²) in [7, 11) is 0.